The van der Waals surface area contributed by atoms with Crippen molar-refractivity contribution >= 4 is 38.9 Å². The number of pyridine rings is 1. The zero-order valence-electron chi connectivity index (χ0n) is 26.5. The van der Waals surface area contributed by atoms with E-state index in [0.717, 1.165) is 63.6 Å². The number of benzene rings is 4. The van der Waals surface area contributed by atoms with E-state index in [2.05, 4.69) is 95.6 Å². The van der Waals surface area contributed by atoms with Gasteiger partial charge in [0.25, 0.3) is 0 Å². The summed E-state index contributed by atoms with van der Waals surface area (Å²) >= 11 is 1.59. The largest absolute Gasteiger partial charge is 0.467 e. The number of furan rings is 1. The maximum Gasteiger partial charge on any atom is 0.137 e. The Morgan fingerprint density at radius 3 is 2.55 bits per heavy atom. The van der Waals surface area contributed by atoms with Crippen molar-refractivity contribution in [3.05, 3.63) is 156 Å². The number of nitrogens with zero attached hydrogens (tertiary/aromatic N) is 3. The topological polar surface area (TPSA) is 53.1 Å². The van der Waals surface area contributed by atoms with E-state index < -0.39 is 5.41 Å². The maximum atomic E-state index is 6.65. The molecule has 1 spiro atoms. The molecule has 6 heteroatoms. The third-order valence-electron chi connectivity index (χ3n) is 10.8. The Kier molecular flexibility index (Phi) is 5.64. The van der Waals surface area contributed by atoms with Gasteiger partial charge in [-0.1, -0.05) is 60.7 Å². The van der Waals surface area contributed by atoms with Crippen LogP contribution in [0.3, 0.4) is 0 Å². The van der Waals surface area contributed by atoms with Gasteiger partial charge in [0.15, 0.2) is 0 Å². The number of ether oxygens (including phenoxy) is 1. The van der Waals surface area contributed by atoms with E-state index in [-0.39, 0.29) is 0 Å². The molecule has 8 aromatic rings. The molecule has 4 heterocycles. The summed E-state index contributed by atoms with van der Waals surface area (Å²) in [6, 6.07) is 40.3. The second-order valence-corrected chi connectivity index (χ2v) is 14.0. The van der Waals surface area contributed by atoms with Gasteiger partial charge >= 0.3 is 0 Å². The standard InChI is InChI=1S/C43H29N3O2S/c1-4-15-34-29(12-1)30-13-2-5-16-35(30)43(34)39-40(45-49-41(39)33-21-23-47-42(33)43)26-10-9-11-27(24-26)48-28-19-20-32-31-14-3-6-17-36(31)46(37(32)25-28)38-18-7-8-22-44-38/h1,3-4,6-12,14-15,17-25H,2,5,13,16H2. The van der Waals surface area contributed by atoms with Crippen LogP contribution >= 0.6 is 11.5 Å². The third kappa shape index (κ3) is 3.64. The highest BCUT2D eigenvalue weighted by atomic mass is 32.1. The minimum Gasteiger partial charge on any atom is -0.467 e. The molecular formula is C43H29N3O2S. The molecule has 5 nitrogen and oxygen atoms in total. The second kappa shape index (κ2) is 10.1. The predicted octanol–water partition coefficient (Wildman–Crippen LogP) is 11.3. The normalized spacial score (nSPS) is 17.5. The van der Waals surface area contributed by atoms with Crippen LogP contribution in [0.2, 0.25) is 0 Å². The van der Waals surface area contributed by atoms with Crippen LogP contribution in [0.4, 0.5) is 0 Å². The van der Waals surface area contributed by atoms with Gasteiger partial charge in [-0.2, -0.15) is 4.37 Å². The van der Waals surface area contributed by atoms with Crippen LogP contribution in [0.1, 0.15) is 48.1 Å². The van der Waals surface area contributed by atoms with Gasteiger partial charge < -0.3 is 9.15 Å². The average Bonchev–Trinajstić information content (AvgIpc) is 3.96. The number of hydrogen-bond acceptors (Lipinski definition) is 5. The van der Waals surface area contributed by atoms with Crippen molar-refractivity contribution in [3.63, 3.8) is 0 Å². The van der Waals surface area contributed by atoms with Gasteiger partial charge in [0.1, 0.15) is 28.5 Å². The minimum absolute atomic E-state index is 0.441. The molecule has 234 valence electrons. The summed E-state index contributed by atoms with van der Waals surface area (Å²) in [7, 11) is 0. The van der Waals surface area contributed by atoms with Crippen molar-refractivity contribution in [2.24, 2.45) is 0 Å². The molecule has 0 bridgehead atoms. The van der Waals surface area contributed by atoms with Crippen LogP contribution in [-0.4, -0.2) is 13.9 Å². The van der Waals surface area contributed by atoms with Crippen molar-refractivity contribution < 1.29 is 9.15 Å². The SMILES string of the molecule is c1ccc(-n2c3ccccc3c3ccc(Oc4cccc(-c5nsc6c5C5(C7=C(CCCC7)c7ccccc75)c5occc5-6)c4)cc32)nc1. The molecule has 4 aromatic carbocycles. The van der Waals surface area contributed by atoms with Gasteiger partial charge in [-0.25, -0.2) is 4.98 Å². The number of fused-ring (bicyclic) bond motifs is 12. The highest BCUT2D eigenvalue weighted by molar-refractivity contribution is 7.10. The molecule has 11 rings (SSSR count). The van der Waals surface area contributed by atoms with Crippen molar-refractivity contribution in [2.45, 2.75) is 31.1 Å². The number of allylic oxidation sites excluding steroid dienone is 2. The summed E-state index contributed by atoms with van der Waals surface area (Å²) in [5.74, 6) is 3.47. The van der Waals surface area contributed by atoms with Gasteiger partial charge in [-0.05, 0) is 108 Å². The Balaban J connectivity index is 1.04. The number of rotatable bonds is 4. The van der Waals surface area contributed by atoms with Crippen LogP contribution in [0.25, 0.3) is 54.9 Å². The van der Waals surface area contributed by atoms with Crippen molar-refractivity contribution in [1.82, 2.24) is 13.9 Å². The Hall–Kier alpha value is -5.72. The quantitative estimate of drug-likeness (QED) is 0.190. The molecule has 0 radical (unpaired) electrons. The highest BCUT2D eigenvalue weighted by Crippen LogP contribution is 2.66. The van der Waals surface area contributed by atoms with Gasteiger partial charge in [0.2, 0.25) is 0 Å². The summed E-state index contributed by atoms with van der Waals surface area (Å²) in [6.07, 6.45) is 8.29. The second-order valence-electron chi connectivity index (χ2n) is 13.2. The van der Waals surface area contributed by atoms with Gasteiger partial charge in [0, 0.05) is 39.7 Å². The molecule has 0 fully saturated rings. The number of hydrogen-bond donors (Lipinski definition) is 0. The van der Waals surface area contributed by atoms with E-state index in [4.69, 9.17) is 18.5 Å². The van der Waals surface area contributed by atoms with E-state index >= 15 is 0 Å². The third-order valence-corrected chi connectivity index (χ3v) is 11.6. The van der Waals surface area contributed by atoms with E-state index in [9.17, 15) is 0 Å². The summed E-state index contributed by atoms with van der Waals surface area (Å²) in [6.45, 7) is 0. The lowest BCUT2D eigenvalue weighted by Crippen LogP contribution is -2.28. The Labute approximate surface area is 286 Å². The molecule has 3 aliphatic rings. The van der Waals surface area contributed by atoms with E-state index in [1.807, 2.05) is 36.7 Å². The monoisotopic (exact) mass is 651 g/mol. The molecule has 1 atom stereocenters. The maximum absolute atomic E-state index is 6.65. The van der Waals surface area contributed by atoms with Gasteiger partial charge in [-0.3, -0.25) is 4.57 Å². The summed E-state index contributed by atoms with van der Waals surface area (Å²) in [5.41, 5.74) is 11.9. The van der Waals surface area contributed by atoms with Crippen LogP contribution in [0.15, 0.2) is 138 Å². The first-order valence-corrected chi connectivity index (χ1v) is 17.7. The Bertz CT molecular complexity index is 2660. The zero-order valence-corrected chi connectivity index (χ0v) is 27.3. The molecule has 4 aromatic heterocycles. The fourth-order valence-electron chi connectivity index (χ4n) is 8.90. The van der Waals surface area contributed by atoms with E-state index in [1.54, 1.807) is 11.5 Å². The first-order valence-electron chi connectivity index (χ1n) is 16.9. The average molecular weight is 652 g/mol. The number of para-hydroxylation sites is 1. The molecule has 1 unspecified atom stereocenters. The highest BCUT2D eigenvalue weighted by Gasteiger charge is 2.57. The van der Waals surface area contributed by atoms with Crippen LogP contribution in [-0.2, 0) is 5.41 Å². The summed E-state index contributed by atoms with van der Waals surface area (Å²) in [4.78, 5) is 5.91. The Morgan fingerprint density at radius 2 is 1.59 bits per heavy atom. The van der Waals surface area contributed by atoms with Crippen molar-refractivity contribution in [2.75, 3.05) is 0 Å². The lowest BCUT2D eigenvalue weighted by atomic mass is 9.69. The van der Waals surface area contributed by atoms with Gasteiger partial charge in [-0.15, -0.1) is 0 Å². The predicted molar refractivity (Wildman–Crippen MR) is 196 cm³/mol. The van der Waals surface area contributed by atoms with Crippen LogP contribution < -0.4 is 4.74 Å². The van der Waals surface area contributed by atoms with E-state index in [0.29, 0.717) is 0 Å². The first-order chi connectivity index (χ1) is 24.3. The lowest BCUT2D eigenvalue weighted by molar-refractivity contribution is 0.460. The molecule has 3 aliphatic carbocycles. The molecule has 0 saturated heterocycles. The molecular weight excluding hydrogens is 623 g/mol. The molecule has 0 amide bonds. The van der Waals surface area contributed by atoms with Gasteiger partial charge in [0.05, 0.1) is 27.9 Å². The first kappa shape index (κ1) is 27.3. The fraction of sp³-hybridized carbons (Fsp3) is 0.116. The minimum atomic E-state index is -0.441. The van der Waals surface area contributed by atoms with E-state index in [1.165, 1.54) is 56.5 Å². The summed E-state index contributed by atoms with van der Waals surface area (Å²) < 4.78 is 20.5. The summed E-state index contributed by atoms with van der Waals surface area (Å²) in [5, 5.41) is 2.35. The van der Waals surface area contributed by atoms with Crippen molar-refractivity contribution in [3.8, 4) is 39.0 Å². The zero-order chi connectivity index (χ0) is 32.1. The molecule has 49 heavy (non-hydrogen) atoms. The van der Waals surface area contributed by atoms with Crippen molar-refractivity contribution in [1.29, 1.82) is 0 Å². The van der Waals surface area contributed by atoms with Crippen LogP contribution in [0.5, 0.6) is 11.5 Å². The molecule has 0 N–H and O–H groups in total. The molecule has 0 aliphatic heterocycles. The Morgan fingerprint density at radius 1 is 0.735 bits per heavy atom. The molecule has 0 saturated carbocycles. The lowest BCUT2D eigenvalue weighted by Gasteiger charge is -2.32. The smallest absolute Gasteiger partial charge is 0.137 e. The number of aromatic nitrogens is 3. The van der Waals surface area contributed by atoms with Crippen LogP contribution in [0, 0.1) is 0 Å². The fourth-order valence-corrected chi connectivity index (χ4v) is 9.88.